The van der Waals surface area contributed by atoms with Crippen molar-refractivity contribution in [3.8, 4) is 0 Å². The molecule has 0 saturated carbocycles. The van der Waals surface area contributed by atoms with Crippen molar-refractivity contribution in [3.05, 3.63) is 44.0 Å². The van der Waals surface area contributed by atoms with E-state index < -0.39 is 0 Å². The maximum absolute atomic E-state index is 5.95. The van der Waals surface area contributed by atoms with Gasteiger partial charge in [-0.3, -0.25) is 0 Å². The van der Waals surface area contributed by atoms with Crippen LogP contribution in [0.25, 0.3) is 0 Å². The summed E-state index contributed by atoms with van der Waals surface area (Å²) in [6.07, 6.45) is 0. The van der Waals surface area contributed by atoms with Gasteiger partial charge in [0.1, 0.15) is 5.82 Å². The van der Waals surface area contributed by atoms with Crippen LogP contribution in [0.5, 0.6) is 0 Å². The molecule has 2 aromatic rings. The van der Waals surface area contributed by atoms with Crippen molar-refractivity contribution in [2.75, 3.05) is 5.73 Å². The number of aromatic nitrogens is 2. The molecule has 90 valence electrons. The van der Waals surface area contributed by atoms with Gasteiger partial charge < -0.3 is 5.73 Å². The fraction of sp³-hybridized carbons (Fsp3) is 0.182. The fourth-order valence-corrected chi connectivity index (χ4v) is 2.11. The third kappa shape index (κ3) is 2.59. The lowest BCUT2D eigenvalue weighted by Crippen LogP contribution is -2.06. The number of aryl methyl sites for hydroxylation is 1. The molecule has 3 nitrogen and oxygen atoms in total. The second-order valence-corrected chi connectivity index (χ2v) is 5.30. The highest BCUT2D eigenvalue weighted by Gasteiger charge is 2.10. The monoisotopic (exact) mass is 333 g/mol. The van der Waals surface area contributed by atoms with E-state index >= 15 is 0 Å². The number of rotatable bonds is 2. The minimum Gasteiger partial charge on any atom is -0.383 e. The van der Waals surface area contributed by atoms with Crippen molar-refractivity contribution >= 4 is 44.9 Å². The minimum absolute atomic E-state index is 0.533. The van der Waals surface area contributed by atoms with Gasteiger partial charge in [0.2, 0.25) is 0 Å². The molecule has 6 heteroatoms. The molecule has 0 atom stereocenters. The van der Waals surface area contributed by atoms with E-state index in [2.05, 4.69) is 21.0 Å². The highest BCUT2D eigenvalue weighted by atomic mass is 79.9. The quantitative estimate of drug-likeness (QED) is 0.905. The van der Waals surface area contributed by atoms with Crippen molar-refractivity contribution in [3.63, 3.8) is 0 Å². The first-order chi connectivity index (χ1) is 7.99. The van der Waals surface area contributed by atoms with Gasteiger partial charge in [0, 0.05) is 0 Å². The van der Waals surface area contributed by atoms with Gasteiger partial charge in [-0.1, -0.05) is 29.3 Å². The van der Waals surface area contributed by atoms with Crippen LogP contribution in [-0.2, 0) is 6.54 Å². The number of hydrogen-bond acceptors (Lipinski definition) is 2. The molecule has 2 rings (SSSR count). The summed E-state index contributed by atoms with van der Waals surface area (Å²) in [5.74, 6) is 0.605. The average Bonchev–Trinajstić information content (AvgIpc) is 2.52. The van der Waals surface area contributed by atoms with Gasteiger partial charge in [-0.15, -0.1) is 0 Å². The summed E-state index contributed by atoms with van der Waals surface area (Å²) in [6.45, 7) is 2.46. The third-order valence-corrected chi connectivity index (χ3v) is 4.13. The number of hydrogen-bond donors (Lipinski definition) is 1. The second-order valence-electron chi connectivity index (χ2n) is 3.69. The summed E-state index contributed by atoms with van der Waals surface area (Å²) in [6, 6.07) is 5.48. The molecule has 0 bridgehead atoms. The molecule has 1 heterocycles. The molecular weight excluding hydrogens is 325 g/mol. The van der Waals surface area contributed by atoms with E-state index in [9.17, 15) is 0 Å². The Morgan fingerprint density at radius 2 is 2.06 bits per heavy atom. The molecule has 0 saturated heterocycles. The molecular formula is C11H10BrCl2N3. The standard InChI is InChI=1S/C11H10BrCl2N3/c1-6-10(12)11(15)17(16-6)5-7-2-3-8(13)9(14)4-7/h2-4H,5,15H2,1H3. The fourth-order valence-electron chi connectivity index (χ4n) is 1.51. The first-order valence-electron chi connectivity index (χ1n) is 4.91. The van der Waals surface area contributed by atoms with Crippen LogP contribution in [0.1, 0.15) is 11.3 Å². The van der Waals surface area contributed by atoms with Gasteiger partial charge in [0.25, 0.3) is 0 Å². The Labute approximate surface area is 118 Å². The number of halogens is 3. The maximum Gasteiger partial charge on any atom is 0.136 e. The Bertz CT molecular complexity index is 566. The molecule has 0 fully saturated rings. The summed E-state index contributed by atoms with van der Waals surface area (Å²) in [5.41, 5.74) is 7.78. The van der Waals surface area contributed by atoms with Crippen LogP contribution in [0.4, 0.5) is 5.82 Å². The number of nitrogens with two attached hydrogens (primary N) is 1. The first kappa shape index (κ1) is 12.7. The van der Waals surface area contributed by atoms with Crippen molar-refractivity contribution in [2.24, 2.45) is 0 Å². The van der Waals surface area contributed by atoms with E-state index in [0.717, 1.165) is 15.7 Å². The van der Waals surface area contributed by atoms with E-state index in [4.69, 9.17) is 28.9 Å². The summed E-state index contributed by atoms with van der Waals surface area (Å²) >= 11 is 15.2. The van der Waals surface area contributed by atoms with Gasteiger partial charge in [-0.2, -0.15) is 5.10 Å². The zero-order chi connectivity index (χ0) is 12.6. The minimum atomic E-state index is 0.533. The number of anilines is 1. The number of benzene rings is 1. The lowest BCUT2D eigenvalue weighted by Gasteiger charge is -2.05. The number of nitrogens with zero attached hydrogens (tertiary/aromatic N) is 2. The molecule has 0 spiro atoms. The van der Waals surface area contributed by atoms with Crippen LogP contribution in [-0.4, -0.2) is 9.78 Å². The predicted molar refractivity (Wildman–Crippen MR) is 74.6 cm³/mol. The molecule has 0 aliphatic rings. The van der Waals surface area contributed by atoms with Crippen LogP contribution in [0.2, 0.25) is 10.0 Å². The molecule has 0 amide bonds. The molecule has 0 radical (unpaired) electrons. The van der Waals surface area contributed by atoms with Gasteiger partial charge in [-0.25, -0.2) is 4.68 Å². The molecule has 17 heavy (non-hydrogen) atoms. The molecule has 0 unspecified atom stereocenters. The van der Waals surface area contributed by atoms with Gasteiger partial charge in [0.15, 0.2) is 0 Å². The third-order valence-electron chi connectivity index (χ3n) is 2.41. The Balaban J connectivity index is 2.31. The maximum atomic E-state index is 5.95. The summed E-state index contributed by atoms with van der Waals surface area (Å²) in [7, 11) is 0. The lowest BCUT2D eigenvalue weighted by atomic mass is 10.2. The molecule has 2 N–H and O–H groups in total. The SMILES string of the molecule is Cc1nn(Cc2ccc(Cl)c(Cl)c2)c(N)c1Br. The normalized spacial score (nSPS) is 10.8. The van der Waals surface area contributed by atoms with Crippen LogP contribution >= 0.6 is 39.1 Å². The van der Waals surface area contributed by atoms with Crippen LogP contribution in [0, 0.1) is 6.92 Å². The molecule has 1 aromatic heterocycles. The molecule has 1 aromatic carbocycles. The highest BCUT2D eigenvalue weighted by molar-refractivity contribution is 9.10. The predicted octanol–water partition coefficient (Wildman–Crippen LogP) is 3.89. The largest absolute Gasteiger partial charge is 0.383 e. The average molecular weight is 335 g/mol. The van der Waals surface area contributed by atoms with Gasteiger partial charge in [0.05, 0.1) is 26.8 Å². The second kappa shape index (κ2) is 4.88. The Hall–Kier alpha value is -0.710. The molecule has 0 aliphatic heterocycles. The van der Waals surface area contributed by atoms with E-state index in [1.54, 1.807) is 10.7 Å². The number of nitrogen functional groups attached to an aromatic ring is 1. The van der Waals surface area contributed by atoms with Gasteiger partial charge >= 0.3 is 0 Å². The van der Waals surface area contributed by atoms with E-state index in [1.807, 2.05) is 19.1 Å². The topological polar surface area (TPSA) is 43.8 Å². The van der Waals surface area contributed by atoms with Crippen molar-refractivity contribution in [2.45, 2.75) is 13.5 Å². The Morgan fingerprint density at radius 1 is 1.35 bits per heavy atom. The Kier molecular flexibility index (Phi) is 3.66. The first-order valence-corrected chi connectivity index (χ1v) is 6.46. The van der Waals surface area contributed by atoms with Gasteiger partial charge in [-0.05, 0) is 40.5 Å². The summed E-state index contributed by atoms with van der Waals surface area (Å²) in [4.78, 5) is 0. The van der Waals surface area contributed by atoms with E-state index in [-0.39, 0.29) is 0 Å². The zero-order valence-corrected chi connectivity index (χ0v) is 12.1. The van der Waals surface area contributed by atoms with E-state index in [0.29, 0.717) is 22.4 Å². The van der Waals surface area contributed by atoms with Crippen molar-refractivity contribution in [1.29, 1.82) is 0 Å². The zero-order valence-electron chi connectivity index (χ0n) is 9.04. The van der Waals surface area contributed by atoms with Crippen LogP contribution in [0.15, 0.2) is 22.7 Å². The summed E-state index contributed by atoms with van der Waals surface area (Å²) < 4.78 is 2.55. The van der Waals surface area contributed by atoms with Crippen molar-refractivity contribution < 1.29 is 0 Å². The lowest BCUT2D eigenvalue weighted by molar-refractivity contribution is 0.689. The van der Waals surface area contributed by atoms with Crippen LogP contribution in [0.3, 0.4) is 0 Å². The molecule has 0 aliphatic carbocycles. The Morgan fingerprint density at radius 3 is 2.59 bits per heavy atom. The highest BCUT2D eigenvalue weighted by Crippen LogP contribution is 2.26. The smallest absolute Gasteiger partial charge is 0.136 e. The van der Waals surface area contributed by atoms with Crippen molar-refractivity contribution in [1.82, 2.24) is 9.78 Å². The summed E-state index contributed by atoms with van der Waals surface area (Å²) in [5, 5.41) is 5.40. The van der Waals surface area contributed by atoms with Crippen LogP contribution < -0.4 is 5.73 Å². The van der Waals surface area contributed by atoms with E-state index in [1.165, 1.54) is 0 Å².